The molecule has 1 aromatic carbocycles. The minimum absolute atomic E-state index is 0.0900. The fourth-order valence-corrected chi connectivity index (χ4v) is 3.30. The number of hydrogen-bond acceptors (Lipinski definition) is 3. The van der Waals surface area contributed by atoms with Crippen molar-refractivity contribution in [3.63, 3.8) is 0 Å². The van der Waals surface area contributed by atoms with Gasteiger partial charge in [-0.2, -0.15) is 0 Å². The van der Waals surface area contributed by atoms with Gasteiger partial charge >= 0.3 is 0 Å². The monoisotopic (exact) mass is 332 g/mol. The highest BCUT2D eigenvalue weighted by atomic mass is 16.5. The number of nitrogens with one attached hydrogen (secondary N) is 1. The number of piperidine rings is 1. The van der Waals surface area contributed by atoms with Gasteiger partial charge in [0.25, 0.3) is 0 Å². The number of carbonyl (C=O) groups is 2. The first-order valence-electron chi connectivity index (χ1n) is 8.81. The quantitative estimate of drug-likeness (QED) is 0.871. The first-order chi connectivity index (χ1) is 11.5. The molecule has 1 heterocycles. The van der Waals surface area contributed by atoms with E-state index in [9.17, 15) is 9.59 Å². The molecule has 2 rings (SSSR count). The van der Waals surface area contributed by atoms with Crippen LogP contribution in [0, 0.1) is 0 Å². The number of hydrogen-bond donors (Lipinski definition) is 1. The van der Waals surface area contributed by atoms with Crippen LogP contribution >= 0.6 is 0 Å². The Hall–Kier alpha value is -2.04. The fraction of sp³-hybridized carbons (Fsp3) is 0.579. The third-order valence-electron chi connectivity index (χ3n) is 4.47. The molecule has 5 nitrogen and oxygen atoms in total. The summed E-state index contributed by atoms with van der Waals surface area (Å²) in [5, 5.41) is 2.91. The van der Waals surface area contributed by atoms with E-state index in [1.165, 1.54) is 13.3 Å². The molecule has 0 aliphatic carbocycles. The van der Waals surface area contributed by atoms with E-state index < -0.39 is 0 Å². The van der Waals surface area contributed by atoms with Crippen molar-refractivity contribution in [2.45, 2.75) is 58.5 Å². The molecule has 0 radical (unpaired) electrons. The van der Waals surface area contributed by atoms with Crippen molar-refractivity contribution in [3.8, 4) is 5.75 Å². The summed E-state index contributed by atoms with van der Waals surface area (Å²) in [7, 11) is 0. The van der Waals surface area contributed by atoms with Gasteiger partial charge in [-0.1, -0.05) is 18.2 Å². The zero-order valence-electron chi connectivity index (χ0n) is 14.9. The molecule has 1 aliphatic rings. The van der Waals surface area contributed by atoms with Crippen molar-refractivity contribution < 1.29 is 14.3 Å². The first kappa shape index (κ1) is 18.3. The Morgan fingerprint density at radius 2 is 2.08 bits per heavy atom. The molecule has 5 heteroatoms. The van der Waals surface area contributed by atoms with Crippen molar-refractivity contribution >= 4 is 11.8 Å². The molecule has 0 saturated carbocycles. The average Bonchev–Trinajstić information content (AvgIpc) is 2.55. The lowest BCUT2D eigenvalue weighted by Crippen LogP contribution is -2.43. The SMILES string of the molecule is CCOc1ccccc1[C@@H](CC(=O)N1CCCC[C@H]1C)NC(C)=O. The Balaban J connectivity index is 2.19. The van der Waals surface area contributed by atoms with Gasteiger partial charge in [0.15, 0.2) is 0 Å². The minimum Gasteiger partial charge on any atom is -0.494 e. The van der Waals surface area contributed by atoms with E-state index in [1.807, 2.05) is 36.1 Å². The molecule has 0 unspecified atom stereocenters. The molecule has 0 bridgehead atoms. The zero-order chi connectivity index (χ0) is 17.5. The topological polar surface area (TPSA) is 58.6 Å². The van der Waals surface area contributed by atoms with Gasteiger partial charge < -0.3 is 15.0 Å². The van der Waals surface area contributed by atoms with Gasteiger partial charge in [0.1, 0.15) is 5.75 Å². The molecule has 1 aromatic rings. The van der Waals surface area contributed by atoms with Crippen molar-refractivity contribution in [2.75, 3.05) is 13.2 Å². The Labute approximate surface area is 144 Å². The smallest absolute Gasteiger partial charge is 0.225 e. The highest BCUT2D eigenvalue weighted by Crippen LogP contribution is 2.29. The lowest BCUT2D eigenvalue weighted by Gasteiger charge is -2.34. The molecular formula is C19H28N2O3. The summed E-state index contributed by atoms with van der Waals surface area (Å²) in [5.74, 6) is 0.663. The van der Waals surface area contributed by atoms with Gasteiger partial charge in [-0.3, -0.25) is 9.59 Å². The van der Waals surface area contributed by atoms with Crippen LogP contribution < -0.4 is 10.1 Å². The second-order valence-corrected chi connectivity index (χ2v) is 6.36. The van der Waals surface area contributed by atoms with Crippen LogP contribution in [0.5, 0.6) is 5.75 Å². The Morgan fingerprint density at radius 3 is 2.75 bits per heavy atom. The fourth-order valence-electron chi connectivity index (χ4n) is 3.30. The molecule has 0 spiro atoms. The Kier molecular flexibility index (Phi) is 6.64. The van der Waals surface area contributed by atoms with Crippen molar-refractivity contribution in [3.05, 3.63) is 29.8 Å². The van der Waals surface area contributed by atoms with Gasteiger partial charge in [0.2, 0.25) is 11.8 Å². The molecule has 1 fully saturated rings. The minimum atomic E-state index is -0.369. The predicted octanol–water partition coefficient (Wildman–Crippen LogP) is 3.05. The number of amides is 2. The van der Waals surface area contributed by atoms with Gasteiger partial charge in [-0.15, -0.1) is 0 Å². The van der Waals surface area contributed by atoms with Crippen molar-refractivity contribution in [1.82, 2.24) is 10.2 Å². The number of benzene rings is 1. The number of ether oxygens (including phenoxy) is 1. The van der Waals surface area contributed by atoms with Crippen LogP contribution in [0.4, 0.5) is 0 Å². The van der Waals surface area contributed by atoms with Crippen LogP contribution in [-0.2, 0) is 9.59 Å². The van der Waals surface area contributed by atoms with Crippen LogP contribution in [-0.4, -0.2) is 35.9 Å². The maximum atomic E-state index is 12.8. The molecule has 1 saturated heterocycles. The first-order valence-corrected chi connectivity index (χ1v) is 8.81. The van der Waals surface area contributed by atoms with Gasteiger partial charge in [-0.25, -0.2) is 0 Å². The standard InChI is InChI=1S/C19H28N2O3/c1-4-24-18-11-6-5-10-16(18)17(20-15(3)22)13-19(23)21-12-8-7-9-14(21)2/h5-6,10-11,14,17H,4,7-9,12-13H2,1-3H3,(H,20,22)/t14-,17-/m1/s1. The van der Waals surface area contributed by atoms with Crippen LogP contribution in [0.15, 0.2) is 24.3 Å². The van der Waals surface area contributed by atoms with E-state index in [1.54, 1.807) is 0 Å². The Morgan fingerprint density at radius 1 is 1.33 bits per heavy atom. The molecule has 1 aliphatic heterocycles. The summed E-state index contributed by atoms with van der Waals surface area (Å²) in [6.45, 7) is 6.84. The van der Waals surface area contributed by atoms with E-state index in [2.05, 4.69) is 12.2 Å². The van der Waals surface area contributed by atoms with E-state index in [4.69, 9.17) is 4.74 Å². The van der Waals surface area contributed by atoms with Gasteiger partial charge in [0.05, 0.1) is 19.1 Å². The zero-order valence-corrected chi connectivity index (χ0v) is 14.9. The number of para-hydroxylation sites is 1. The summed E-state index contributed by atoms with van der Waals surface area (Å²) >= 11 is 0. The summed E-state index contributed by atoms with van der Waals surface area (Å²) < 4.78 is 5.67. The lowest BCUT2D eigenvalue weighted by molar-refractivity contribution is -0.135. The summed E-state index contributed by atoms with van der Waals surface area (Å²) in [6, 6.07) is 7.49. The van der Waals surface area contributed by atoms with Crippen molar-refractivity contribution in [1.29, 1.82) is 0 Å². The molecule has 132 valence electrons. The number of carbonyl (C=O) groups excluding carboxylic acids is 2. The maximum Gasteiger partial charge on any atom is 0.225 e. The number of nitrogens with zero attached hydrogens (tertiary/aromatic N) is 1. The highest BCUT2D eigenvalue weighted by Gasteiger charge is 2.27. The molecular weight excluding hydrogens is 304 g/mol. The van der Waals surface area contributed by atoms with E-state index in [0.717, 1.165) is 30.7 Å². The molecule has 0 aromatic heterocycles. The summed E-state index contributed by atoms with van der Waals surface area (Å²) in [6.07, 6.45) is 3.53. The van der Waals surface area contributed by atoms with Gasteiger partial charge in [-0.05, 0) is 39.2 Å². The summed E-state index contributed by atoms with van der Waals surface area (Å²) in [5.41, 5.74) is 0.854. The van der Waals surface area contributed by atoms with E-state index in [-0.39, 0.29) is 30.3 Å². The predicted molar refractivity (Wildman–Crippen MR) is 93.8 cm³/mol. The molecule has 2 amide bonds. The second kappa shape index (κ2) is 8.71. The van der Waals surface area contributed by atoms with Crippen LogP contribution in [0.1, 0.15) is 58.1 Å². The van der Waals surface area contributed by atoms with Crippen LogP contribution in [0.3, 0.4) is 0 Å². The molecule has 24 heavy (non-hydrogen) atoms. The highest BCUT2D eigenvalue weighted by molar-refractivity contribution is 5.79. The number of likely N-dealkylation sites (tertiary alicyclic amines) is 1. The largest absolute Gasteiger partial charge is 0.494 e. The third kappa shape index (κ3) is 4.73. The van der Waals surface area contributed by atoms with Crippen LogP contribution in [0.2, 0.25) is 0 Å². The van der Waals surface area contributed by atoms with E-state index in [0.29, 0.717) is 6.61 Å². The average molecular weight is 332 g/mol. The normalized spacial score (nSPS) is 18.8. The number of rotatable bonds is 6. The Bertz CT molecular complexity index is 573. The van der Waals surface area contributed by atoms with Gasteiger partial charge in [0, 0.05) is 25.1 Å². The molecule has 1 N–H and O–H groups in total. The summed E-state index contributed by atoms with van der Waals surface area (Å²) in [4.78, 5) is 26.4. The maximum absolute atomic E-state index is 12.8. The lowest BCUT2D eigenvalue weighted by atomic mass is 9.99. The second-order valence-electron chi connectivity index (χ2n) is 6.36. The van der Waals surface area contributed by atoms with E-state index >= 15 is 0 Å². The molecule has 2 atom stereocenters. The third-order valence-corrected chi connectivity index (χ3v) is 4.47. The van der Waals surface area contributed by atoms with Crippen LogP contribution in [0.25, 0.3) is 0 Å². The van der Waals surface area contributed by atoms with Crippen molar-refractivity contribution in [2.24, 2.45) is 0 Å².